The highest BCUT2D eigenvalue weighted by Gasteiger charge is 2.16. The molecule has 1 aromatic carbocycles. The quantitative estimate of drug-likeness (QED) is 0.896. The van der Waals surface area contributed by atoms with Crippen molar-refractivity contribution in [1.29, 1.82) is 5.26 Å². The van der Waals surface area contributed by atoms with Gasteiger partial charge in [-0.25, -0.2) is 9.07 Å². The van der Waals surface area contributed by atoms with Crippen LogP contribution in [0.15, 0.2) is 24.3 Å². The molecule has 0 saturated carbocycles. The maximum Gasteiger partial charge on any atom is 0.168 e. The zero-order valence-corrected chi connectivity index (χ0v) is 11.4. The Balaban J connectivity index is 2.33. The monoisotopic (exact) mass is 273 g/mol. The highest BCUT2D eigenvalue weighted by molar-refractivity contribution is 5.64. The summed E-state index contributed by atoms with van der Waals surface area (Å²) in [6, 6.07) is 8.39. The molecule has 0 amide bonds. The van der Waals surface area contributed by atoms with Crippen LogP contribution in [0, 0.1) is 17.1 Å². The molecule has 5 nitrogen and oxygen atoms in total. The summed E-state index contributed by atoms with van der Waals surface area (Å²) in [5.41, 5.74) is 6.97. The molecule has 0 spiro atoms. The largest absolute Gasteiger partial charge is 0.383 e. The van der Waals surface area contributed by atoms with Crippen LogP contribution < -0.4 is 11.1 Å². The molecule has 0 aliphatic heterocycles. The Kier molecular flexibility index (Phi) is 3.89. The Morgan fingerprint density at radius 3 is 2.85 bits per heavy atom. The highest BCUT2D eigenvalue weighted by Crippen LogP contribution is 2.22. The van der Waals surface area contributed by atoms with E-state index in [2.05, 4.69) is 10.4 Å². The Morgan fingerprint density at radius 1 is 1.50 bits per heavy atom. The van der Waals surface area contributed by atoms with E-state index in [0.717, 1.165) is 5.56 Å². The second kappa shape index (κ2) is 5.61. The van der Waals surface area contributed by atoms with Gasteiger partial charge in [-0.1, -0.05) is 12.1 Å². The van der Waals surface area contributed by atoms with Gasteiger partial charge in [0.1, 0.15) is 23.3 Å². The normalized spacial score (nSPS) is 10.6. The third-order valence-electron chi connectivity index (χ3n) is 2.75. The van der Waals surface area contributed by atoms with Crippen LogP contribution in [0.4, 0.5) is 16.0 Å². The molecule has 1 aromatic heterocycles. The molecule has 104 valence electrons. The van der Waals surface area contributed by atoms with Gasteiger partial charge in [0, 0.05) is 6.04 Å². The van der Waals surface area contributed by atoms with E-state index in [4.69, 9.17) is 11.0 Å². The molecule has 0 radical (unpaired) electrons. The Labute approximate surface area is 116 Å². The summed E-state index contributed by atoms with van der Waals surface area (Å²) in [4.78, 5) is 0. The third-order valence-corrected chi connectivity index (χ3v) is 2.75. The van der Waals surface area contributed by atoms with E-state index in [-0.39, 0.29) is 17.7 Å². The van der Waals surface area contributed by atoms with Gasteiger partial charge in [0.15, 0.2) is 5.82 Å². The van der Waals surface area contributed by atoms with Gasteiger partial charge in [-0.2, -0.15) is 10.4 Å². The average Bonchev–Trinajstić information content (AvgIpc) is 2.64. The van der Waals surface area contributed by atoms with Crippen molar-refractivity contribution in [1.82, 2.24) is 9.78 Å². The summed E-state index contributed by atoms with van der Waals surface area (Å²) in [6.45, 7) is 4.21. The Hall–Kier alpha value is -2.55. The summed E-state index contributed by atoms with van der Waals surface area (Å²) in [5, 5.41) is 16.5. The summed E-state index contributed by atoms with van der Waals surface area (Å²) in [7, 11) is 0. The first kappa shape index (κ1) is 13.9. The molecule has 0 saturated heterocycles. The van der Waals surface area contributed by atoms with Crippen molar-refractivity contribution in [3.05, 3.63) is 41.2 Å². The van der Waals surface area contributed by atoms with Gasteiger partial charge < -0.3 is 11.1 Å². The summed E-state index contributed by atoms with van der Waals surface area (Å²) in [6.07, 6.45) is 0. The first-order chi connectivity index (χ1) is 9.51. The van der Waals surface area contributed by atoms with Gasteiger partial charge in [0.05, 0.1) is 6.54 Å². The number of benzene rings is 1. The lowest BCUT2D eigenvalue weighted by molar-refractivity contribution is 0.620. The van der Waals surface area contributed by atoms with Crippen molar-refractivity contribution in [3.63, 3.8) is 0 Å². The molecule has 6 heteroatoms. The number of nitrogen functional groups attached to an aromatic ring is 1. The molecule has 1 heterocycles. The van der Waals surface area contributed by atoms with Crippen molar-refractivity contribution < 1.29 is 4.39 Å². The number of nitrogens with zero attached hydrogens (tertiary/aromatic N) is 3. The molecule has 0 bridgehead atoms. The lowest BCUT2D eigenvalue weighted by Gasteiger charge is -2.06. The van der Waals surface area contributed by atoms with Crippen LogP contribution in [-0.4, -0.2) is 15.8 Å². The first-order valence-corrected chi connectivity index (χ1v) is 6.28. The number of rotatable bonds is 4. The zero-order valence-electron chi connectivity index (χ0n) is 11.4. The van der Waals surface area contributed by atoms with Gasteiger partial charge in [-0.05, 0) is 31.5 Å². The van der Waals surface area contributed by atoms with Gasteiger partial charge in [-0.3, -0.25) is 0 Å². The van der Waals surface area contributed by atoms with Gasteiger partial charge in [0.2, 0.25) is 0 Å². The van der Waals surface area contributed by atoms with E-state index in [0.29, 0.717) is 17.9 Å². The third kappa shape index (κ3) is 2.88. The van der Waals surface area contributed by atoms with Gasteiger partial charge >= 0.3 is 0 Å². The van der Waals surface area contributed by atoms with E-state index in [1.54, 1.807) is 12.1 Å². The van der Waals surface area contributed by atoms with Gasteiger partial charge in [-0.15, -0.1) is 0 Å². The second-order valence-electron chi connectivity index (χ2n) is 4.81. The van der Waals surface area contributed by atoms with Crippen molar-refractivity contribution >= 4 is 11.6 Å². The van der Waals surface area contributed by atoms with E-state index in [1.807, 2.05) is 19.9 Å². The number of nitrogens with two attached hydrogens (primary N) is 1. The zero-order chi connectivity index (χ0) is 14.7. The minimum Gasteiger partial charge on any atom is -0.383 e. The molecular formula is C14H16FN5. The molecule has 0 unspecified atom stereocenters. The molecule has 0 aliphatic rings. The molecule has 20 heavy (non-hydrogen) atoms. The van der Waals surface area contributed by atoms with Crippen molar-refractivity contribution in [2.45, 2.75) is 26.4 Å². The minimum atomic E-state index is -0.311. The number of hydrogen-bond donors (Lipinski definition) is 2. The second-order valence-corrected chi connectivity index (χ2v) is 4.81. The van der Waals surface area contributed by atoms with Crippen LogP contribution in [0.3, 0.4) is 0 Å². The van der Waals surface area contributed by atoms with Crippen LogP contribution >= 0.6 is 0 Å². The van der Waals surface area contributed by atoms with Crippen LogP contribution in [0.5, 0.6) is 0 Å². The summed E-state index contributed by atoms with van der Waals surface area (Å²) in [5.74, 6) is 0.422. The molecular weight excluding hydrogens is 257 g/mol. The Morgan fingerprint density at radius 2 is 2.25 bits per heavy atom. The number of halogens is 1. The maximum atomic E-state index is 13.2. The molecule has 2 rings (SSSR count). The minimum absolute atomic E-state index is 0.138. The van der Waals surface area contributed by atoms with Crippen molar-refractivity contribution in [2.75, 3.05) is 11.1 Å². The fraction of sp³-hybridized carbons (Fsp3) is 0.286. The molecule has 2 aromatic rings. The number of aromatic nitrogens is 2. The van der Waals surface area contributed by atoms with E-state index < -0.39 is 0 Å². The standard InChI is InChI=1S/C14H16FN5/c1-9(2)18-14-12(7-16)13(17)20(19-14)8-10-4-3-5-11(15)6-10/h3-6,9H,8,17H2,1-2H3,(H,18,19). The van der Waals surface area contributed by atoms with Crippen LogP contribution in [0.25, 0.3) is 0 Å². The van der Waals surface area contributed by atoms with Crippen molar-refractivity contribution in [2.24, 2.45) is 0 Å². The predicted molar refractivity (Wildman–Crippen MR) is 75.6 cm³/mol. The summed E-state index contributed by atoms with van der Waals surface area (Å²) < 4.78 is 14.7. The molecule has 3 N–H and O–H groups in total. The smallest absolute Gasteiger partial charge is 0.168 e. The average molecular weight is 273 g/mol. The van der Waals surface area contributed by atoms with E-state index in [9.17, 15) is 4.39 Å². The van der Waals surface area contributed by atoms with Crippen LogP contribution in [0.2, 0.25) is 0 Å². The van der Waals surface area contributed by atoms with Gasteiger partial charge in [0.25, 0.3) is 0 Å². The van der Waals surface area contributed by atoms with E-state index in [1.165, 1.54) is 16.8 Å². The fourth-order valence-corrected chi connectivity index (χ4v) is 1.89. The number of nitriles is 1. The highest BCUT2D eigenvalue weighted by atomic mass is 19.1. The number of hydrogen-bond acceptors (Lipinski definition) is 4. The lowest BCUT2D eigenvalue weighted by Crippen LogP contribution is -2.11. The number of anilines is 2. The SMILES string of the molecule is CC(C)Nc1nn(Cc2cccc(F)c2)c(N)c1C#N. The Bertz CT molecular complexity index is 654. The lowest BCUT2D eigenvalue weighted by atomic mass is 10.2. The molecule has 0 atom stereocenters. The van der Waals surface area contributed by atoms with Crippen molar-refractivity contribution in [3.8, 4) is 6.07 Å². The fourth-order valence-electron chi connectivity index (χ4n) is 1.89. The van der Waals surface area contributed by atoms with Crippen LogP contribution in [0.1, 0.15) is 25.0 Å². The van der Waals surface area contributed by atoms with E-state index >= 15 is 0 Å². The maximum absolute atomic E-state index is 13.2. The molecule has 0 aliphatic carbocycles. The van der Waals surface area contributed by atoms with Crippen LogP contribution in [-0.2, 0) is 6.54 Å². The topological polar surface area (TPSA) is 79.7 Å². The molecule has 0 fully saturated rings. The number of nitrogens with one attached hydrogen (secondary N) is 1. The predicted octanol–water partition coefficient (Wildman–Crippen LogP) is 2.34. The first-order valence-electron chi connectivity index (χ1n) is 6.28. The summed E-state index contributed by atoms with van der Waals surface area (Å²) >= 11 is 0.